The maximum Gasteiger partial charge on any atom is 0.222 e. The molecule has 1 aromatic heterocycles. The van der Waals surface area contributed by atoms with E-state index in [4.69, 9.17) is 5.73 Å². The maximum atomic E-state index is 11.5. The first-order valence-corrected chi connectivity index (χ1v) is 8.95. The molecule has 3 rings (SSSR count). The third kappa shape index (κ3) is 2.87. The molecule has 0 bridgehead atoms. The van der Waals surface area contributed by atoms with E-state index in [1.165, 1.54) is 0 Å². The van der Waals surface area contributed by atoms with Crippen molar-refractivity contribution in [3.05, 3.63) is 11.3 Å². The molecule has 110 valence electrons. The molecular formula is C13H20N4O2S. The molecule has 2 heterocycles. The Kier molecular flexibility index (Phi) is 3.54. The van der Waals surface area contributed by atoms with Gasteiger partial charge in [-0.1, -0.05) is 0 Å². The number of nitrogens with one attached hydrogen (secondary N) is 1. The van der Waals surface area contributed by atoms with Crippen LogP contribution in [0.2, 0.25) is 0 Å². The summed E-state index contributed by atoms with van der Waals surface area (Å²) >= 11 is 0. The van der Waals surface area contributed by atoms with Gasteiger partial charge in [0.05, 0.1) is 17.2 Å². The Morgan fingerprint density at radius 2 is 2.05 bits per heavy atom. The van der Waals surface area contributed by atoms with Gasteiger partial charge in [0, 0.05) is 12.1 Å². The fourth-order valence-electron chi connectivity index (χ4n) is 3.03. The van der Waals surface area contributed by atoms with Crippen molar-refractivity contribution in [2.75, 3.05) is 29.1 Å². The maximum absolute atomic E-state index is 11.5. The van der Waals surface area contributed by atoms with Crippen molar-refractivity contribution < 1.29 is 8.42 Å². The number of aryl methyl sites for hydroxylation is 1. The normalized spacial score (nSPS) is 24.3. The van der Waals surface area contributed by atoms with Crippen molar-refractivity contribution in [1.29, 1.82) is 0 Å². The summed E-state index contributed by atoms with van der Waals surface area (Å²) in [5.41, 5.74) is 7.96. The van der Waals surface area contributed by atoms with Gasteiger partial charge in [-0.3, -0.25) is 0 Å². The van der Waals surface area contributed by atoms with E-state index in [1.807, 2.05) is 0 Å². The largest absolute Gasteiger partial charge is 0.369 e. The summed E-state index contributed by atoms with van der Waals surface area (Å²) in [5.74, 6) is 1.87. The smallest absolute Gasteiger partial charge is 0.222 e. The quantitative estimate of drug-likeness (QED) is 0.855. The van der Waals surface area contributed by atoms with E-state index in [2.05, 4.69) is 15.3 Å². The lowest BCUT2D eigenvalue weighted by molar-refractivity contribution is 0.595. The number of nitrogens with zero attached hydrogens (tertiary/aromatic N) is 2. The summed E-state index contributed by atoms with van der Waals surface area (Å²) in [6.07, 6.45) is 4.95. The molecule has 20 heavy (non-hydrogen) atoms. The lowest BCUT2D eigenvalue weighted by atomic mass is 9.96. The highest BCUT2D eigenvalue weighted by Crippen LogP contribution is 2.27. The Morgan fingerprint density at radius 3 is 2.80 bits per heavy atom. The van der Waals surface area contributed by atoms with Gasteiger partial charge in [-0.15, -0.1) is 0 Å². The highest BCUT2D eigenvalue weighted by Gasteiger charge is 2.28. The zero-order valence-corrected chi connectivity index (χ0v) is 12.2. The van der Waals surface area contributed by atoms with E-state index in [1.54, 1.807) is 0 Å². The second-order valence-corrected chi connectivity index (χ2v) is 7.94. The minimum Gasteiger partial charge on any atom is -0.369 e. The SMILES string of the molecule is Nc1nc2c(c(NCC3CCS(=O)(=O)C3)n1)CCCC2. The molecule has 1 saturated heterocycles. The molecule has 0 amide bonds. The van der Waals surface area contributed by atoms with Crippen molar-refractivity contribution in [2.24, 2.45) is 5.92 Å². The number of fused-ring (bicyclic) bond motifs is 1. The Hall–Kier alpha value is -1.37. The van der Waals surface area contributed by atoms with Gasteiger partial charge in [-0.05, 0) is 38.0 Å². The average Bonchev–Trinajstić information content (AvgIpc) is 2.75. The van der Waals surface area contributed by atoms with Crippen LogP contribution < -0.4 is 11.1 Å². The Balaban J connectivity index is 1.73. The Labute approximate surface area is 119 Å². The fourth-order valence-corrected chi connectivity index (χ4v) is 4.90. The standard InChI is InChI=1S/C13H20N4O2S/c14-13-16-11-4-2-1-3-10(11)12(17-13)15-7-9-5-6-20(18,19)8-9/h9H,1-8H2,(H3,14,15,16,17). The van der Waals surface area contributed by atoms with Crippen molar-refractivity contribution in [1.82, 2.24) is 9.97 Å². The number of sulfone groups is 1. The van der Waals surface area contributed by atoms with E-state index < -0.39 is 9.84 Å². The molecule has 6 nitrogen and oxygen atoms in total. The van der Waals surface area contributed by atoms with E-state index in [9.17, 15) is 8.42 Å². The molecule has 0 spiro atoms. The number of aromatic nitrogens is 2. The Bertz CT molecular complexity index is 615. The number of rotatable bonds is 3. The third-order valence-corrected chi connectivity index (χ3v) is 5.92. The van der Waals surface area contributed by atoms with Crippen LogP contribution in [0, 0.1) is 5.92 Å². The van der Waals surface area contributed by atoms with Gasteiger partial charge in [0.2, 0.25) is 5.95 Å². The molecule has 1 aromatic rings. The summed E-state index contributed by atoms with van der Waals surface area (Å²) in [5, 5.41) is 3.30. The van der Waals surface area contributed by atoms with Crippen molar-refractivity contribution >= 4 is 21.6 Å². The fraction of sp³-hybridized carbons (Fsp3) is 0.692. The molecule has 2 aliphatic rings. The van der Waals surface area contributed by atoms with Crippen LogP contribution in [0.4, 0.5) is 11.8 Å². The van der Waals surface area contributed by atoms with Gasteiger partial charge in [-0.2, -0.15) is 4.98 Å². The van der Waals surface area contributed by atoms with Gasteiger partial charge in [0.15, 0.2) is 9.84 Å². The van der Waals surface area contributed by atoms with Gasteiger partial charge in [-0.25, -0.2) is 13.4 Å². The molecule has 1 fully saturated rings. The molecule has 1 unspecified atom stereocenters. The second-order valence-electron chi connectivity index (χ2n) is 5.71. The molecular weight excluding hydrogens is 276 g/mol. The van der Waals surface area contributed by atoms with Crippen LogP contribution in [0.5, 0.6) is 0 Å². The number of nitrogen functional groups attached to an aromatic ring is 1. The average molecular weight is 296 g/mol. The predicted octanol–water partition coefficient (Wildman–Crippen LogP) is 0.784. The topological polar surface area (TPSA) is 98.0 Å². The highest BCUT2D eigenvalue weighted by atomic mass is 32.2. The summed E-state index contributed by atoms with van der Waals surface area (Å²) in [6.45, 7) is 0.641. The Morgan fingerprint density at radius 1 is 1.25 bits per heavy atom. The minimum absolute atomic E-state index is 0.176. The second kappa shape index (κ2) is 5.20. The van der Waals surface area contributed by atoms with Crippen LogP contribution in [0.25, 0.3) is 0 Å². The predicted molar refractivity (Wildman–Crippen MR) is 78.3 cm³/mol. The van der Waals surface area contributed by atoms with Crippen LogP contribution >= 0.6 is 0 Å². The van der Waals surface area contributed by atoms with Crippen LogP contribution in [0.15, 0.2) is 0 Å². The molecule has 1 atom stereocenters. The number of hydrogen-bond acceptors (Lipinski definition) is 6. The lowest BCUT2D eigenvalue weighted by Gasteiger charge is -2.20. The van der Waals surface area contributed by atoms with Gasteiger partial charge in [0.25, 0.3) is 0 Å². The first-order chi connectivity index (χ1) is 9.53. The zero-order valence-electron chi connectivity index (χ0n) is 11.4. The molecule has 0 aromatic carbocycles. The van der Waals surface area contributed by atoms with Crippen molar-refractivity contribution in [2.45, 2.75) is 32.1 Å². The summed E-state index contributed by atoms with van der Waals surface area (Å²) in [4.78, 5) is 8.60. The van der Waals surface area contributed by atoms with Crippen LogP contribution in [-0.2, 0) is 22.7 Å². The zero-order chi connectivity index (χ0) is 14.2. The highest BCUT2D eigenvalue weighted by molar-refractivity contribution is 7.91. The van der Waals surface area contributed by atoms with Gasteiger partial charge in [0.1, 0.15) is 5.82 Å². The van der Waals surface area contributed by atoms with Gasteiger partial charge < -0.3 is 11.1 Å². The lowest BCUT2D eigenvalue weighted by Crippen LogP contribution is -2.20. The summed E-state index contributed by atoms with van der Waals surface area (Å²) in [7, 11) is -2.82. The number of anilines is 2. The first-order valence-electron chi connectivity index (χ1n) is 7.13. The van der Waals surface area contributed by atoms with Crippen LogP contribution in [0.3, 0.4) is 0 Å². The van der Waals surface area contributed by atoms with E-state index >= 15 is 0 Å². The van der Waals surface area contributed by atoms with Crippen LogP contribution in [0.1, 0.15) is 30.5 Å². The molecule has 0 saturated carbocycles. The van der Waals surface area contributed by atoms with E-state index in [0.29, 0.717) is 18.2 Å². The minimum atomic E-state index is -2.82. The molecule has 7 heteroatoms. The molecule has 0 radical (unpaired) electrons. The third-order valence-electron chi connectivity index (χ3n) is 4.09. The van der Waals surface area contributed by atoms with Gasteiger partial charge >= 0.3 is 0 Å². The molecule has 1 aliphatic heterocycles. The molecule has 1 aliphatic carbocycles. The number of hydrogen-bond donors (Lipinski definition) is 2. The molecule has 3 N–H and O–H groups in total. The number of nitrogens with two attached hydrogens (primary N) is 1. The summed E-state index contributed by atoms with van der Waals surface area (Å²) < 4.78 is 22.9. The van der Waals surface area contributed by atoms with E-state index in [0.717, 1.165) is 49.2 Å². The van der Waals surface area contributed by atoms with Crippen molar-refractivity contribution in [3.8, 4) is 0 Å². The van der Waals surface area contributed by atoms with E-state index in [-0.39, 0.29) is 11.7 Å². The first kappa shape index (κ1) is 13.6. The summed E-state index contributed by atoms with van der Waals surface area (Å²) in [6, 6.07) is 0. The van der Waals surface area contributed by atoms with Crippen LogP contribution in [-0.4, -0.2) is 36.4 Å². The monoisotopic (exact) mass is 296 g/mol. The van der Waals surface area contributed by atoms with Crippen molar-refractivity contribution in [3.63, 3.8) is 0 Å².